The van der Waals surface area contributed by atoms with E-state index in [4.69, 9.17) is 4.74 Å². The van der Waals surface area contributed by atoms with Gasteiger partial charge in [-0.2, -0.15) is 0 Å². The lowest BCUT2D eigenvalue weighted by Crippen LogP contribution is -2.30. The van der Waals surface area contributed by atoms with Crippen molar-refractivity contribution in [1.29, 1.82) is 0 Å². The van der Waals surface area contributed by atoms with Gasteiger partial charge in [-0.25, -0.2) is 4.79 Å². The molecule has 2 aliphatic heterocycles. The van der Waals surface area contributed by atoms with Crippen molar-refractivity contribution in [2.75, 3.05) is 18.5 Å². The number of urea groups is 1. The molecule has 7 heteroatoms. The first kappa shape index (κ1) is 17.9. The molecule has 3 heterocycles. The van der Waals surface area contributed by atoms with Crippen molar-refractivity contribution in [2.24, 2.45) is 5.92 Å². The molecule has 0 bridgehead atoms. The summed E-state index contributed by atoms with van der Waals surface area (Å²) in [7, 11) is 0. The number of aromatic amines is 1. The zero-order chi connectivity index (χ0) is 19.6. The summed E-state index contributed by atoms with van der Waals surface area (Å²) in [4.78, 5) is 14.4. The fourth-order valence-electron chi connectivity index (χ4n) is 4.05. The number of fused-ring (bicyclic) bond motifs is 1. The van der Waals surface area contributed by atoms with E-state index in [1.54, 1.807) is 0 Å². The highest BCUT2D eigenvalue weighted by molar-refractivity contribution is 5.90. The van der Waals surface area contributed by atoms with Gasteiger partial charge in [0.1, 0.15) is 5.69 Å². The highest BCUT2D eigenvalue weighted by Crippen LogP contribution is 2.27. The minimum Gasteiger partial charge on any atom is -0.381 e. The predicted octanol–water partition coefficient (Wildman–Crippen LogP) is 3.60. The van der Waals surface area contributed by atoms with E-state index in [1.165, 1.54) is 11.1 Å². The number of hydrogen-bond acceptors (Lipinski definition) is 4. The topological polar surface area (TPSA) is 83.1 Å². The van der Waals surface area contributed by atoms with E-state index in [2.05, 4.69) is 32.9 Å². The Labute approximate surface area is 169 Å². The van der Waals surface area contributed by atoms with Crippen LogP contribution in [0, 0.1) is 5.92 Å². The lowest BCUT2D eigenvalue weighted by atomic mass is 9.99. The maximum atomic E-state index is 12.6. The van der Waals surface area contributed by atoms with Crippen molar-refractivity contribution in [1.82, 2.24) is 20.3 Å². The Hall–Kier alpha value is -3.19. The molecule has 0 radical (unpaired) electrons. The minimum absolute atomic E-state index is 0.0858. The first-order chi connectivity index (χ1) is 14.3. The number of ether oxygens (including phenoxy) is 1. The van der Waals surface area contributed by atoms with Crippen LogP contribution >= 0.6 is 0 Å². The van der Waals surface area contributed by atoms with Crippen molar-refractivity contribution >= 4 is 11.7 Å². The van der Waals surface area contributed by atoms with Crippen LogP contribution < -0.4 is 5.32 Å². The second kappa shape index (κ2) is 7.67. The third kappa shape index (κ3) is 3.73. The van der Waals surface area contributed by atoms with E-state index in [9.17, 15) is 4.79 Å². The van der Waals surface area contributed by atoms with E-state index in [0.717, 1.165) is 48.7 Å². The highest BCUT2D eigenvalue weighted by Gasteiger charge is 2.23. The first-order valence-corrected chi connectivity index (χ1v) is 9.97. The predicted molar refractivity (Wildman–Crippen MR) is 109 cm³/mol. The molecule has 2 amide bonds. The number of nitrogens with zero attached hydrogens (tertiary/aromatic N) is 3. The summed E-state index contributed by atoms with van der Waals surface area (Å²) in [6.07, 6.45) is 1.96. The number of rotatable bonds is 4. The Balaban J connectivity index is 1.24. The SMILES string of the molecule is O=C(Nc1ccc(-c2nn[nH]c2CC2CCOC2)cc1)N1Cc2ccccc2C1. The molecule has 0 aliphatic carbocycles. The van der Waals surface area contributed by atoms with E-state index < -0.39 is 0 Å². The van der Waals surface area contributed by atoms with Crippen molar-refractivity contribution in [2.45, 2.75) is 25.9 Å². The molecule has 0 spiro atoms. The zero-order valence-electron chi connectivity index (χ0n) is 16.1. The molecule has 148 valence electrons. The second-order valence-electron chi connectivity index (χ2n) is 7.70. The van der Waals surface area contributed by atoms with Crippen LogP contribution in [0.4, 0.5) is 10.5 Å². The van der Waals surface area contributed by atoms with Crippen LogP contribution in [0.3, 0.4) is 0 Å². The molecule has 2 aromatic carbocycles. The Morgan fingerprint density at radius 3 is 2.59 bits per heavy atom. The summed E-state index contributed by atoms with van der Waals surface area (Å²) in [6, 6.07) is 15.9. The van der Waals surface area contributed by atoms with Gasteiger partial charge in [0, 0.05) is 37.6 Å². The molecule has 7 nitrogen and oxygen atoms in total. The fraction of sp³-hybridized carbons (Fsp3) is 0.318. The first-order valence-electron chi connectivity index (χ1n) is 9.97. The number of amides is 2. The molecule has 1 fully saturated rings. The van der Waals surface area contributed by atoms with E-state index >= 15 is 0 Å². The second-order valence-corrected chi connectivity index (χ2v) is 7.70. The summed E-state index contributed by atoms with van der Waals surface area (Å²) in [5.74, 6) is 0.513. The summed E-state index contributed by atoms with van der Waals surface area (Å²) in [5.41, 5.74) is 6.08. The fourth-order valence-corrected chi connectivity index (χ4v) is 4.05. The van der Waals surface area contributed by atoms with Gasteiger partial charge in [-0.3, -0.25) is 5.10 Å². The number of aromatic nitrogens is 3. The molecule has 1 aromatic heterocycles. The maximum absolute atomic E-state index is 12.6. The van der Waals surface area contributed by atoms with Gasteiger partial charge < -0.3 is 15.0 Å². The maximum Gasteiger partial charge on any atom is 0.322 e. The van der Waals surface area contributed by atoms with Gasteiger partial charge in [-0.1, -0.05) is 41.6 Å². The molecule has 1 saturated heterocycles. The monoisotopic (exact) mass is 389 g/mol. The largest absolute Gasteiger partial charge is 0.381 e. The highest BCUT2D eigenvalue weighted by atomic mass is 16.5. The van der Waals surface area contributed by atoms with Crippen LogP contribution in [0.15, 0.2) is 48.5 Å². The van der Waals surface area contributed by atoms with Gasteiger partial charge in [-0.05, 0) is 42.0 Å². The molecule has 1 atom stereocenters. The van der Waals surface area contributed by atoms with Gasteiger partial charge in [0.25, 0.3) is 0 Å². The van der Waals surface area contributed by atoms with Gasteiger partial charge in [0.2, 0.25) is 0 Å². The summed E-state index contributed by atoms with van der Waals surface area (Å²) in [6.45, 7) is 2.92. The molecular weight excluding hydrogens is 366 g/mol. The Morgan fingerprint density at radius 1 is 1.14 bits per heavy atom. The van der Waals surface area contributed by atoms with Crippen LogP contribution in [0.2, 0.25) is 0 Å². The van der Waals surface area contributed by atoms with Gasteiger partial charge in [-0.15, -0.1) is 5.10 Å². The molecule has 5 rings (SSSR count). The van der Waals surface area contributed by atoms with Crippen LogP contribution in [0.5, 0.6) is 0 Å². The number of H-pyrrole nitrogens is 1. The normalized spacial score (nSPS) is 18.1. The number of anilines is 1. The summed E-state index contributed by atoms with van der Waals surface area (Å²) >= 11 is 0. The summed E-state index contributed by atoms with van der Waals surface area (Å²) in [5, 5.41) is 14.3. The molecule has 0 saturated carbocycles. The van der Waals surface area contributed by atoms with E-state index in [-0.39, 0.29) is 6.03 Å². The van der Waals surface area contributed by atoms with Gasteiger partial charge in [0.15, 0.2) is 0 Å². The molecular formula is C22H23N5O2. The number of hydrogen-bond donors (Lipinski definition) is 2. The third-order valence-corrected chi connectivity index (χ3v) is 5.68. The molecule has 3 aromatic rings. The molecule has 2 aliphatic rings. The van der Waals surface area contributed by atoms with E-state index in [0.29, 0.717) is 19.0 Å². The average Bonchev–Trinajstić information content (AvgIpc) is 3.49. The van der Waals surface area contributed by atoms with Gasteiger partial charge >= 0.3 is 6.03 Å². The van der Waals surface area contributed by atoms with Crippen molar-refractivity contribution in [3.63, 3.8) is 0 Å². The van der Waals surface area contributed by atoms with Crippen molar-refractivity contribution < 1.29 is 9.53 Å². The van der Waals surface area contributed by atoms with Crippen LogP contribution in [-0.2, 0) is 24.2 Å². The van der Waals surface area contributed by atoms with E-state index in [1.807, 2.05) is 41.3 Å². The quantitative estimate of drug-likeness (QED) is 0.714. The molecule has 2 N–H and O–H groups in total. The smallest absolute Gasteiger partial charge is 0.322 e. The number of benzene rings is 2. The number of carbonyl (C=O) groups is 1. The lowest BCUT2D eigenvalue weighted by Gasteiger charge is -2.16. The zero-order valence-corrected chi connectivity index (χ0v) is 16.1. The molecule has 1 unspecified atom stereocenters. The van der Waals surface area contributed by atoms with Crippen LogP contribution in [-0.4, -0.2) is 39.6 Å². The number of nitrogens with one attached hydrogen (secondary N) is 2. The van der Waals surface area contributed by atoms with Crippen LogP contribution in [0.1, 0.15) is 23.2 Å². The van der Waals surface area contributed by atoms with Crippen molar-refractivity contribution in [3.05, 3.63) is 65.4 Å². The third-order valence-electron chi connectivity index (χ3n) is 5.68. The minimum atomic E-state index is -0.0858. The standard InChI is InChI=1S/C22H23N5O2/c28-22(27-12-17-3-1-2-4-18(17)13-27)23-19-7-5-16(6-8-19)21-20(24-26-25-21)11-15-9-10-29-14-15/h1-8,15H,9-14H2,(H,23,28)(H,24,25,26). The molecule has 29 heavy (non-hydrogen) atoms. The van der Waals surface area contributed by atoms with Crippen LogP contribution in [0.25, 0.3) is 11.3 Å². The Bertz CT molecular complexity index is 983. The number of carbonyl (C=O) groups excluding carboxylic acids is 1. The summed E-state index contributed by atoms with van der Waals surface area (Å²) < 4.78 is 5.47. The Kier molecular flexibility index (Phi) is 4.73. The average molecular weight is 389 g/mol. The van der Waals surface area contributed by atoms with Crippen molar-refractivity contribution in [3.8, 4) is 11.3 Å². The Morgan fingerprint density at radius 2 is 1.90 bits per heavy atom. The lowest BCUT2D eigenvalue weighted by molar-refractivity contribution is 0.185. The van der Waals surface area contributed by atoms with Gasteiger partial charge in [0.05, 0.1) is 5.69 Å².